The number of aryl methyl sites for hydroxylation is 2. The number of ether oxygens (including phenoxy) is 1. The Balaban J connectivity index is 1.68. The highest BCUT2D eigenvalue weighted by Crippen LogP contribution is 2.27. The van der Waals surface area contributed by atoms with Crippen molar-refractivity contribution in [3.05, 3.63) is 59.2 Å². The van der Waals surface area contributed by atoms with Gasteiger partial charge >= 0.3 is 5.97 Å². The van der Waals surface area contributed by atoms with Gasteiger partial charge in [0.05, 0.1) is 23.3 Å². The van der Waals surface area contributed by atoms with Gasteiger partial charge in [-0.15, -0.1) is 0 Å². The Morgan fingerprint density at radius 1 is 1.07 bits per heavy atom. The minimum atomic E-state index is -3.60. The van der Waals surface area contributed by atoms with E-state index in [4.69, 9.17) is 4.74 Å². The van der Waals surface area contributed by atoms with E-state index < -0.39 is 16.0 Å². The molecule has 1 aliphatic rings. The minimum absolute atomic E-state index is 0.227. The SMILES string of the molecule is COC(=O)c1ccccc1NC(=O)C1CCN(S(=O)(=O)c2cc(C)ccc2C)CC1. The number of piperidine rings is 1. The number of rotatable bonds is 5. The number of anilines is 1. The third kappa shape index (κ3) is 4.55. The van der Waals surface area contributed by atoms with Gasteiger partial charge < -0.3 is 10.1 Å². The molecule has 0 aromatic heterocycles. The molecule has 2 aromatic carbocycles. The molecule has 1 aliphatic heterocycles. The zero-order valence-corrected chi connectivity index (χ0v) is 18.2. The van der Waals surface area contributed by atoms with Crippen molar-refractivity contribution in [1.82, 2.24) is 4.31 Å². The molecule has 2 aromatic rings. The second kappa shape index (κ2) is 8.97. The van der Waals surface area contributed by atoms with Crippen LogP contribution < -0.4 is 5.32 Å². The first-order valence-electron chi connectivity index (χ1n) is 9.79. The number of hydrogen-bond acceptors (Lipinski definition) is 5. The molecule has 3 rings (SSSR count). The first-order valence-corrected chi connectivity index (χ1v) is 11.2. The molecular formula is C22H26N2O5S. The van der Waals surface area contributed by atoms with Crippen molar-refractivity contribution in [2.24, 2.45) is 5.92 Å². The van der Waals surface area contributed by atoms with E-state index >= 15 is 0 Å². The summed E-state index contributed by atoms with van der Waals surface area (Å²) in [6.07, 6.45) is 0.826. The molecular weight excluding hydrogens is 404 g/mol. The van der Waals surface area contributed by atoms with Gasteiger partial charge in [0.25, 0.3) is 0 Å². The van der Waals surface area contributed by atoms with E-state index in [1.807, 2.05) is 13.0 Å². The molecule has 1 heterocycles. The average molecular weight is 431 g/mol. The number of nitrogens with zero attached hydrogens (tertiary/aromatic N) is 1. The number of para-hydroxylation sites is 1. The van der Waals surface area contributed by atoms with Gasteiger partial charge in [0.15, 0.2) is 0 Å². The lowest BCUT2D eigenvalue weighted by molar-refractivity contribution is -0.120. The van der Waals surface area contributed by atoms with E-state index in [-0.39, 0.29) is 30.5 Å². The molecule has 8 heteroatoms. The van der Waals surface area contributed by atoms with E-state index in [1.165, 1.54) is 11.4 Å². The van der Waals surface area contributed by atoms with E-state index in [2.05, 4.69) is 5.32 Å². The monoisotopic (exact) mass is 430 g/mol. The Morgan fingerprint density at radius 3 is 2.40 bits per heavy atom. The Kier molecular flexibility index (Phi) is 6.58. The number of esters is 1. The van der Waals surface area contributed by atoms with Crippen molar-refractivity contribution >= 4 is 27.6 Å². The number of amides is 1. The fraction of sp³-hybridized carbons (Fsp3) is 0.364. The quantitative estimate of drug-likeness (QED) is 0.736. The van der Waals surface area contributed by atoms with E-state index in [1.54, 1.807) is 43.3 Å². The maximum Gasteiger partial charge on any atom is 0.339 e. The fourth-order valence-corrected chi connectivity index (χ4v) is 5.38. The average Bonchev–Trinajstić information content (AvgIpc) is 2.75. The smallest absolute Gasteiger partial charge is 0.339 e. The number of benzene rings is 2. The van der Waals surface area contributed by atoms with Gasteiger partial charge in [-0.25, -0.2) is 13.2 Å². The van der Waals surface area contributed by atoms with Crippen LogP contribution in [0.3, 0.4) is 0 Å². The second-order valence-electron chi connectivity index (χ2n) is 7.47. The molecule has 0 aliphatic carbocycles. The van der Waals surface area contributed by atoms with Crippen molar-refractivity contribution in [2.75, 3.05) is 25.5 Å². The van der Waals surface area contributed by atoms with Crippen LogP contribution >= 0.6 is 0 Å². The Labute approximate surface area is 177 Å². The van der Waals surface area contributed by atoms with Crippen LogP contribution in [0.4, 0.5) is 5.69 Å². The lowest BCUT2D eigenvalue weighted by Gasteiger charge is -2.31. The molecule has 0 saturated carbocycles. The summed E-state index contributed by atoms with van der Waals surface area (Å²) in [7, 11) is -2.32. The summed E-state index contributed by atoms with van der Waals surface area (Å²) in [6, 6.07) is 12.0. The Bertz CT molecular complexity index is 1060. The standard InChI is InChI=1S/C22H26N2O5S/c1-15-8-9-16(2)20(14-15)30(27,28)24-12-10-17(11-13-24)21(25)23-19-7-5-4-6-18(19)22(26)29-3/h4-9,14,17H,10-13H2,1-3H3,(H,23,25). The molecule has 1 saturated heterocycles. The van der Waals surface area contributed by atoms with Gasteiger partial charge in [-0.2, -0.15) is 4.31 Å². The highest BCUT2D eigenvalue weighted by Gasteiger charge is 2.33. The number of hydrogen-bond donors (Lipinski definition) is 1. The third-order valence-electron chi connectivity index (χ3n) is 5.38. The number of methoxy groups -OCH3 is 1. The largest absolute Gasteiger partial charge is 0.465 e. The molecule has 0 unspecified atom stereocenters. The molecule has 1 N–H and O–H groups in total. The first-order chi connectivity index (χ1) is 14.2. The molecule has 1 fully saturated rings. The summed E-state index contributed by atoms with van der Waals surface area (Å²) >= 11 is 0. The molecule has 7 nitrogen and oxygen atoms in total. The highest BCUT2D eigenvalue weighted by atomic mass is 32.2. The van der Waals surface area contributed by atoms with Crippen molar-refractivity contribution in [2.45, 2.75) is 31.6 Å². The van der Waals surface area contributed by atoms with Crippen LogP contribution in [0.25, 0.3) is 0 Å². The first kappa shape index (κ1) is 22.0. The van der Waals surface area contributed by atoms with Gasteiger partial charge in [0.2, 0.25) is 15.9 Å². The van der Waals surface area contributed by atoms with Crippen molar-refractivity contribution in [1.29, 1.82) is 0 Å². The summed E-state index contributed by atoms with van der Waals surface area (Å²) in [5.41, 5.74) is 2.26. The molecule has 0 atom stereocenters. The highest BCUT2D eigenvalue weighted by molar-refractivity contribution is 7.89. The number of carbonyl (C=O) groups excluding carboxylic acids is 2. The van der Waals surface area contributed by atoms with Crippen LogP contribution in [-0.2, 0) is 19.6 Å². The molecule has 160 valence electrons. The van der Waals surface area contributed by atoms with Gasteiger partial charge in [-0.3, -0.25) is 4.79 Å². The molecule has 30 heavy (non-hydrogen) atoms. The summed E-state index contributed by atoms with van der Waals surface area (Å²) in [6.45, 7) is 4.19. The lowest BCUT2D eigenvalue weighted by atomic mass is 9.97. The second-order valence-corrected chi connectivity index (χ2v) is 9.38. The molecule has 0 spiro atoms. The number of nitrogens with one attached hydrogen (secondary N) is 1. The Hall–Kier alpha value is -2.71. The fourth-order valence-electron chi connectivity index (χ4n) is 3.60. The van der Waals surface area contributed by atoms with Gasteiger partial charge in [0, 0.05) is 19.0 Å². The Morgan fingerprint density at radius 2 is 1.73 bits per heavy atom. The molecule has 0 bridgehead atoms. The van der Waals surface area contributed by atoms with Crippen LogP contribution in [0.15, 0.2) is 47.4 Å². The van der Waals surface area contributed by atoms with E-state index in [9.17, 15) is 18.0 Å². The summed E-state index contributed by atoms with van der Waals surface area (Å²) in [4.78, 5) is 24.9. The van der Waals surface area contributed by atoms with Crippen molar-refractivity contribution < 1.29 is 22.7 Å². The topological polar surface area (TPSA) is 92.8 Å². The summed E-state index contributed by atoms with van der Waals surface area (Å²) in [5, 5.41) is 2.79. The van der Waals surface area contributed by atoms with Gasteiger partial charge in [-0.05, 0) is 56.0 Å². The minimum Gasteiger partial charge on any atom is -0.465 e. The summed E-state index contributed by atoms with van der Waals surface area (Å²) < 4.78 is 32.3. The predicted octanol–water partition coefficient (Wildman–Crippen LogP) is 3.13. The van der Waals surface area contributed by atoms with Gasteiger partial charge in [0.1, 0.15) is 0 Å². The molecule has 1 amide bonds. The normalized spacial score (nSPS) is 15.6. The van der Waals surface area contributed by atoms with Crippen LogP contribution in [0.2, 0.25) is 0 Å². The van der Waals surface area contributed by atoms with Crippen LogP contribution in [0.1, 0.15) is 34.3 Å². The van der Waals surface area contributed by atoms with E-state index in [0.717, 1.165) is 5.56 Å². The van der Waals surface area contributed by atoms with Gasteiger partial charge in [-0.1, -0.05) is 24.3 Å². The van der Waals surface area contributed by atoms with Crippen LogP contribution in [0, 0.1) is 19.8 Å². The maximum absolute atomic E-state index is 13.1. The van der Waals surface area contributed by atoms with E-state index in [0.29, 0.717) is 29.0 Å². The zero-order valence-electron chi connectivity index (χ0n) is 17.3. The summed E-state index contributed by atoms with van der Waals surface area (Å²) in [5.74, 6) is -1.09. The van der Waals surface area contributed by atoms with Crippen LogP contribution in [0.5, 0.6) is 0 Å². The number of carbonyl (C=O) groups is 2. The molecule has 0 radical (unpaired) electrons. The maximum atomic E-state index is 13.1. The van der Waals surface area contributed by atoms with Crippen molar-refractivity contribution in [3.8, 4) is 0 Å². The number of sulfonamides is 1. The van der Waals surface area contributed by atoms with Crippen molar-refractivity contribution in [3.63, 3.8) is 0 Å². The third-order valence-corrected chi connectivity index (χ3v) is 7.42. The lowest BCUT2D eigenvalue weighted by Crippen LogP contribution is -2.41. The van der Waals surface area contributed by atoms with Crippen LogP contribution in [-0.4, -0.2) is 44.8 Å². The predicted molar refractivity (Wildman–Crippen MR) is 114 cm³/mol. The zero-order chi connectivity index (χ0) is 21.9.